The van der Waals surface area contributed by atoms with Gasteiger partial charge in [0.05, 0.1) is 15.6 Å². The van der Waals surface area contributed by atoms with Crippen LogP contribution in [0.4, 0.5) is 20.2 Å². The molecule has 0 amide bonds. The van der Waals surface area contributed by atoms with Gasteiger partial charge in [0, 0.05) is 24.2 Å². The number of hydrogen-bond donors (Lipinski definition) is 1. The maximum Gasteiger partial charge on any atom is 0.272 e. The Morgan fingerprint density at radius 2 is 2.05 bits per heavy atom. The van der Waals surface area contributed by atoms with Crippen molar-refractivity contribution in [3.05, 3.63) is 68.2 Å². The minimum Gasteiger partial charge on any atom is -0.377 e. The summed E-state index contributed by atoms with van der Waals surface area (Å²) in [6.07, 6.45) is 0. The molecule has 0 aliphatic carbocycles. The molecule has 0 atom stereocenters. The Kier molecular flexibility index (Phi) is 4.37. The molecule has 2 rings (SSSR count). The molecule has 2 aromatic rings. The Hall–Kier alpha value is -2.21. The fourth-order valence-corrected chi connectivity index (χ4v) is 2.22. The topological polar surface area (TPSA) is 55.2 Å². The van der Waals surface area contributed by atoms with Gasteiger partial charge in [-0.15, -0.1) is 0 Å². The van der Waals surface area contributed by atoms with E-state index in [1.54, 1.807) is 19.1 Å². The monoisotopic (exact) mass is 312 g/mol. The Balaban J connectivity index is 2.25. The van der Waals surface area contributed by atoms with Gasteiger partial charge < -0.3 is 5.32 Å². The van der Waals surface area contributed by atoms with Gasteiger partial charge in [0.2, 0.25) is 0 Å². The predicted molar refractivity (Wildman–Crippen MR) is 76.5 cm³/mol. The zero-order valence-electron chi connectivity index (χ0n) is 11.0. The van der Waals surface area contributed by atoms with Gasteiger partial charge >= 0.3 is 0 Å². The van der Waals surface area contributed by atoms with Crippen LogP contribution in [0.25, 0.3) is 0 Å². The van der Waals surface area contributed by atoms with Gasteiger partial charge in [0.1, 0.15) is 5.82 Å². The SMILES string of the molecule is Cc1c(CNc2c(F)cc(F)cc2Cl)cccc1[N+](=O)[O-]. The average molecular weight is 313 g/mol. The lowest BCUT2D eigenvalue weighted by molar-refractivity contribution is -0.385. The molecule has 0 aliphatic rings. The normalized spacial score (nSPS) is 10.5. The number of nitro groups is 1. The molecule has 0 saturated heterocycles. The summed E-state index contributed by atoms with van der Waals surface area (Å²) >= 11 is 5.77. The third kappa shape index (κ3) is 3.28. The summed E-state index contributed by atoms with van der Waals surface area (Å²) < 4.78 is 26.6. The van der Waals surface area contributed by atoms with Gasteiger partial charge in [-0.3, -0.25) is 10.1 Å². The van der Waals surface area contributed by atoms with Crippen molar-refractivity contribution in [3.8, 4) is 0 Å². The highest BCUT2D eigenvalue weighted by molar-refractivity contribution is 6.33. The second kappa shape index (κ2) is 6.05. The molecule has 0 heterocycles. The van der Waals surface area contributed by atoms with E-state index in [1.165, 1.54) is 6.07 Å². The van der Waals surface area contributed by atoms with E-state index in [0.717, 1.165) is 6.07 Å². The fourth-order valence-electron chi connectivity index (χ4n) is 1.95. The first-order chi connectivity index (χ1) is 9.90. The maximum absolute atomic E-state index is 13.6. The van der Waals surface area contributed by atoms with E-state index < -0.39 is 16.6 Å². The number of nitro benzene ring substituents is 1. The Morgan fingerprint density at radius 3 is 2.67 bits per heavy atom. The smallest absolute Gasteiger partial charge is 0.272 e. The summed E-state index contributed by atoms with van der Waals surface area (Å²) in [5.41, 5.74) is 1.06. The molecule has 2 aromatic carbocycles. The second-order valence-corrected chi connectivity index (χ2v) is 4.82. The third-order valence-corrected chi connectivity index (χ3v) is 3.37. The molecule has 110 valence electrons. The quantitative estimate of drug-likeness (QED) is 0.670. The molecular formula is C14H11ClF2N2O2. The van der Waals surface area contributed by atoms with Crippen LogP contribution in [0.3, 0.4) is 0 Å². The number of benzene rings is 2. The van der Waals surface area contributed by atoms with Crippen molar-refractivity contribution in [3.63, 3.8) is 0 Å². The molecular weight excluding hydrogens is 302 g/mol. The highest BCUT2D eigenvalue weighted by Crippen LogP contribution is 2.28. The molecule has 0 unspecified atom stereocenters. The maximum atomic E-state index is 13.6. The van der Waals surface area contributed by atoms with E-state index in [2.05, 4.69) is 5.32 Å². The number of anilines is 1. The van der Waals surface area contributed by atoms with Crippen molar-refractivity contribution in [2.45, 2.75) is 13.5 Å². The summed E-state index contributed by atoms with van der Waals surface area (Å²) in [5, 5.41) is 13.5. The van der Waals surface area contributed by atoms with Gasteiger partial charge in [0.25, 0.3) is 5.69 Å². The van der Waals surface area contributed by atoms with Crippen LogP contribution in [0.15, 0.2) is 30.3 Å². The van der Waals surface area contributed by atoms with Crippen LogP contribution >= 0.6 is 11.6 Å². The summed E-state index contributed by atoms with van der Waals surface area (Å²) in [6, 6.07) is 6.33. The largest absolute Gasteiger partial charge is 0.377 e. The van der Waals surface area contributed by atoms with E-state index in [9.17, 15) is 18.9 Å². The molecule has 0 bridgehead atoms. The van der Waals surface area contributed by atoms with E-state index in [1.807, 2.05) is 0 Å². The van der Waals surface area contributed by atoms with Crippen molar-refractivity contribution in [1.29, 1.82) is 0 Å². The molecule has 0 aliphatic heterocycles. The number of hydrogen-bond acceptors (Lipinski definition) is 3. The molecule has 7 heteroatoms. The lowest BCUT2D eigenvalue weighted by Crippen LogP contribution is -2.05. The first-order valence-electron chi connectivity index (χ1n) is 6.01. The van der Waals surface area contributed by atoms with Gasteiger partial charge in [-0.05, 0) is 18.6 Å². The molecule has 0 spiro atoms. The summed E-state index contributed by atoms with van der Waals surface area (Å²) in [4.78, 5) is 10.4. The molecule has 0 radical (unpaired) electrons. The Bertz CT molecular complexity index is 684. The molecule has 4 nitrogen and oxygen atoms in total. The van der Waals surface area contributed by atoms with E-state index in [-0.39, 0.29) is 22.9 Å². The molecule has 0 saturated carbocycles. The first-order valence-corrected chi connectivity index (χ1v) is 6.39. The van der Waals surface area contributed by atoms with E-state index >= 15 is 0 Å². The number of nitrogens with zero attached hydrogens (tertiary/aromatic N) is 1. The van der Waals surface area contributed by atoms with Crippen molar-refractivity contribution in [2.24, 2.45) is 0 Å². The highest BCUT2D eigenvalue weighted by Gasteiger charge is 2.14. The Labute approximate surface area is 124 Å². The summed E-state index contributed by atoms with van der Waals surface area (Å²) in [7, 11) is 0. The van der Waals surface area contributed by atoms with Crippen LogP contribution in [0, 0.1) is 28.7 Å². The zero-order chi connectivity index (χ0) is 15.6. The number of rotatable bonds is 4. The summed E-state index contributed by atoms with van der Waals surface area (Å²) in [6.45, 7) is 1.74. The average Bonchev–Trinajstić information content (AvgIpc) is 2.38. The lowest BCUT2D eigenvalue weighted by Gasteiger charge is -2.11. The molecule has 1 N–H and O–H groups in total. The predicted octanol–water partition coefficient (Wildman–Crippen LogP) is 4.45. The molecule has 0 aromatic heterocycles. The van der Waals surface area contributed by atoms with Gasteiger partial charge in [-0.1, -0.05) is 23.7 Å². The molecule has 0 fully saturated rings. The Morgan fingerprint density at radius 1 is 1.33 bits per heavy atom. The van der Waals surface area contributed by atoms with Crippen molar-refractivity contribution >= 4 is 23.0 Å². The van der Waals surface area contributed by atoms with Crippen LogP contribution in [0.1, 0.15) is 11.1 Å². The van der Waals surface area contributed by atoms with Gasteiger partial charge in [0.15, 0.2) is 5.82 Å². The van der Waals surface area contributed by atoms with E-state index in [0.29, 0.717) is 17.2 Å². The minimum atomic E-state index is -0.817. The first kappa shape index (κ1) is 15.2. The highest BCUT2D eigenvalue weighted by atomic mass is 35.5. The van der Waals surface area contributed by atoms with Gasteiger partial charge in [-0.25, -0.2) is 8.78 Å². The standard InChI is InChI=1S/C14H11ClF2N2O2/c1-8-9(3-2-4-13(8)19(20)21)7-18-14-11(15)5-10(16)6-12(14)17/h2-6,18H,7H2,1H3. The van der Waals surface area contributed by atoms with Crippen molar-refractivity contribution in [1.82, 2.24) is 0 Å². The lowest BCUT2D eigenvalue weighted by atomic mass is 10.1. The van der Waals surface area contributed by atoms with Crippen LogP contribution in [0.5, 0.6) is 0 Å². The van der Waals surface area contributed by atoms with Crippen LogP contribution in [-0.2, 0) is 6.54 Å². The number of nitrogens with one attached hydrogen (secondary N) is 1. The van der Waals surface area contributed by atoms with Crippen molar-refractivity contribution in [2.75, 3.05) is 5.32 Å². The van der Waals surface area contributed by atoms with E-state index in [4.69, 9.17) is 11.6 Å². The molecule has 21 heavy (non-hydrogen) atoms. The minimum absolute atomic E-state index is 0.0139. The third-order valence-electron chi connectivity index (χ3n) is 3.08. The van der Waals surface area contributed by atoms with Gasteiger partial charge in [-0.2, -0.15) is 0 Å². The number of halogens is 3. The summed E-state index contributed by atoms with van der Waals surface area (Å²) in [5.74, 6) is -1.59. The van der Waals surface area contributed by atoms with Crippen LogP contribution in [0.2, 0.25) is 5.02 Å². The zero-order valence-corrected chi connectivity index (χ0v) is 11.7. The van der Waals surface area contributed by atoms with Crippen molar-refractivity contribution < 1.29 is 13.7 Å². The van der Waals surface area contributed by atoms with Crippen LogP contribution in [-0.4, -0.2) is 4.92 Å². The second-order valence-electron chi connectivity index (χ2n) is 4.42. The fraction of sp³-hybridized carbons (Fsp3) is 0.143. The van der Waals surface area contributed by atoms with Crippen LogP contribution < -0.4 is 5.32 Å².